The van der Waals surface area contributed by atoms with Gasteiger partial charge < -0.3 is 15.0 Å². The normalized spacial score (nSPS) is 21.2. The highest BCUT2D eigenvalue weighted by Crippen LogP contribution is 2.28. The van der Waals surface area contributed by atoms with Crippen molar-refractivity contribution in [3.05, 3.63) is 24.0 Å². The molecule has 0 spiro atoms. The Morgan fingerprint density at radius 2 is 2.45 bits per heavy atom. The van der Waals surface area contributed by atoms with Crippen molar-refractivity contribution in [1.82, 2.24) is 10.3 Å². The third kappa shape index (κ3) is 0.886. The van der Waals surface area contributed by atoms with E-state index in [0.717, 1.165) is 13.2 Å². The fourth-order valence-corrected chi connectivity index (χ4v) is 1.38. The van der Waals surface area contributed by atoms with Crippen LogP contribution in [0, 0.1) is 0 Å². The number of ether oxygens (including phenoxy) is 1. The molecule has 1 aromatic rings. The first-order chi connectivity index (χ1) is 5.37. The van der Waals surface area contributed by atoms with E-state index in [1.807, 2.05) is 19.4 Å². The fraction of sp³-hybridized carbons (Fsp3) is 0.500. The van der Waals surface area contributed by atoms with E-state index in [-0.39, 0.29) is 5.54 Å². The van der Waals surface area contributed by atoms with Gasteiger partial charge in [-0.1, -0.05) is 0 Å². The van der Waals surface area contributed by atoms with E-state index in [0.29, 0.717) is 0 Å². The molecule has 0 aromatic carbocycles. The first-order valence-corrected chi connectivity index (χ1v) is 3.77. The zero-order valence-corrected chi connectivity index (χ0v) is 6.55. The summed E-state index contributed by atoms with van der Waals surface area (Å²) in [6, 6.07) is 2.08. The number of likely N-dealkylation sites (N-methyl/N-ethyl adjacent to an activating group) is 1. The van der Waals surface area contributed by atoms with Gasteiger partial charge >= 0.3 is 0 Å². The number of rotatable bonds is 2. The molecule has 3 nitrogen and oxygen atoms in total. The topological polar surface area (TPSA) is 37.0 Å². The van der Waals surface area contributed by atoms with Crippen LogP contribution in [-0.4, -0.2) is 25.2 Å². The lowest BCUT2D eigenvalue weighted by Gasteiger charge is -2.40. The smallest absolute Gasteiger partial charge is 0.0920 e. The summed E-state index contributed by atoms with van der Waals surface area (Å²) in [5.41, 5.74) is 1.37. The largest absolute Gasteiger partial charge is 0.377 e. The molecule has 1 aromatic heterocycles. The second-order valence-corrected chi connectivity index (χ2v) is 2.92. The van der Waals surface area contributed by atoms with Crippen molar-refractivity contribution in [1.29, 1.82) is 0 Å². The van der Waals surface area contributed by atoms with E-state index in [4.69, 9.17) is 4.74 Å². The molecule has 0 atom stereocenters. The molecule has 0 aliphatic carbocycles. The van der Waals surface area contributed by atoms with E-state index in [1.54, 1.807) is 0 Å². The SMILES string of the molecule is CNC1(c2cc[nH]c2)COC1. The first kappa shape index (κ1) is 6.88. The second-order valence-electron chi connectivity index (χ2n) is 2.92. The summed E-state index contributed by atoms with van der Waals surface area (Å²) in [4.78, 5) is 3.04. The lowest BCUT2D eigenvalue weighted by atomic mass is 9.90. The molecule has 0 unspecified atom stereocenters. The van der Waals surface area contributed by atoms with Crippen LogP contribution < -0.4 is 5.32 Å². The molecule has 0 amide bonds. The van der Waals surface area contributed by atoms with Crippen molar-refractivity contribution in [2.45, 2.75) is 5.54 Å². The summed E-state index contributed by atoms with van der Waals surface area (Å²) in [7, 11) is 1.97. The first-order valence-electron chi connectivity index (χ1n) is 3.77. The minimum Gasteiger partial charge on any atom is -0.377 e. The zero-order valence-electron chi connectivity index (χ0n) is 6.55. The number of aromatic nitrogens is 1. The lowest BCUT2D eigenvalue weighted by molar-refractivity contribution is -0.0747. The molecular weight excluding hydrogens is 140 g/mol. The van der Waals surface area contributed by atoms with Gasteiger partial charge in [-0.25, -0.2) is 0 Å². The molecule has 1 aliphatic heterocycles. The molecule has 2 heterocycles. The van der Waals surface area contributed by atoms with Crippen molar-refractivity contribution < 1.29 is 4.74 Å². The van der Waals surface area contributed by atoms with Crippen molar-refractivity contribution in [2.24, 2.45) is 0 Å². The van der Waals surface area contributed by atoms with Crippen LogP contribution in [0.2, 0.25) is 0 Å². The highest BCUT2D eigenvalue weighted by atomic mass is 16.5. The number of hydrogen-bond acceptors (Lipinski definition) is 2. The Bertz CT molecular complexity index is 221. The van der Waals surface area contributed by atoms with Crippen LogP contribution in [0.25, 0.3) is 0 Å². The van der Waals surface area contributed by atoms with Gasteiger partial charge in [-0.3, -0.25) is 0 Å². The number of hydrogen-bond donors (Lipinski definition) is 2. The average Bonchev–Trinajstić information content (AvgIpc) is 2.39. The van der Waals surface area contributed by atoms with E-state index in [2.05, 4.69) is 16.4 Å². The van der Waals surface area contributed by atoms with Crippen LogP contribution in [0.1, 0.15) is 5.56 Å². The van der Waals surface area contributed by atoms with E-state index >= 15 is 0 Å². The Labute approximate surface area is 65.8 Å². The molecule has 11 heavy (non-hydrogen) atoms. The van der Waals surface area contributed by atoms with E-state index in [9.17, 15) is 0 Å². The minimum absolute atomic E-state index is 0.0833. The lowest BCUT2D eigenvalue weighted by Crippen LogP contribution is -2.55. The van der Waals surface area contributed by atoms with Gasteiger partial charge in [0.2, 0.25) is 0 Å². The molecule has 2 N–H and O–H groups in total. The van der Waals surface area contributed by atoms with E-state index < -0.39 is 0 Å². The Balaban J connectivity index is 2.25. The zero-order chi connectivity index (χ0) is 7.73. The van der Waals surface area contributed by atoms with Gasteiger partial charge in [0, 0.05) is 12.4 Å². The van der Waals surface area contributed by atoms with Crippen LogP contribution >= 0.6 is 0 Å². The van der Waals surface area contributed by atoms with Gasteiger partial charge in [0.1, 0.15) is 0 Å². The van der Waals surface area contributed by atoms with Crippen molar-refractivity contribution in [3.8, 4) is 0 Å². The fourth-order valence-electron chi connectivity index (χ4n) is 1.38. The van der Waals surface area contributed by atoms with Crippen LogP contribution in [0.3, 0.4) is 0 Å². The molecule has 0 saturated carbocycles. The van der Waals surface area contributed by atoms with E-state index in [1.165, 1.54) is 5.56 Å². The Hall–Kier alpha value is -0.800. The molecule has 1 fully saturated rings. The monoisotopic (exact) mass is 152 g/mol. The standard InChI is InChI=1S/C8H12N2O/c1-9-8(5-11-6-8)7-2-3-10-4-7/h2-4,9-10H,5-6H2,1H3. The predicted molar refractivity (Wildman–Crippen MR) is 42.3 cm³/mol. The Kier molecular flexibility index (Phi) is 1.47. The number of nitrogens with one attached hydrogen (secondary N) is 2. The van der Waals surface area contributed by atoms with Crippen molar-refractivity contribution in [2.75, 3.05) is 20.3 Å². The van der Waals surface area contributed by atoms with Gasteiger partial charge in [0.05, 0.1) is 18.8 Å². The van der Waals surface area contributed by atoms with Gasteiger partial charge in [0.25, 0.3) is 0 Å². The van der Waals surface area contributed by atoms with Gasteiger partial charge in [-0.15, -0.1) is 0 Å². The summed E-state index contributed by atoms with van der Waals surface area (Å²) in [5.74, 6) is 0. The molecule has 3 heteroatoms. The highest BCUT2D eigenvalue weighted by molar-refractivity contribution is 5.23. The van der Waals surface area contributed by atoms with Crippen molar-refractivity contribution in [3.63, 3.8) is 0 Å². The minimum atomic E-state index is 0.0833. The van der Waals surface area contributed by atoms with Crippen LogP contribution in [0.4, 0.5) is 0 Å². The van der Waals surface area contributed by atoms with Crippen LogP contribution in [0.5, 0.6) is 0 Å². The summed E-state index contributed by atoms with van der Waals surface area (Å²) in [5, 5.41) is 3.27. The molecular formula is C8H12N2O. The molecule has 0 bridgehead atoms. The third-order valence-electron chi connectivity index (χ3n) is 2.33. The Morgan fingerprint density at radius 3 is 2.82 bits per heavy atom. The van der Waals surface area contributed by atoms with Crippen LogP contribution in [0.15, 0.2) is 18.5 Å². The Morgan fingerprint density at radius 1 is 1.64 bits per heavy atom. The second kappa shape index (κ2) is 2.36. The predicted octanol–water partition coefficient (Wildman–Crippen LogP) is 0.460. The molecule has 60 valence electrons. The maximum absolute atomic E-state index is 5.18. The number of aromatic amines is 1. The maximum atomic E-state index is 5.18. The van der Waals surface area contributed by atoms with Gasteiger partial charge in [-0.2, -0.15) is 0 Å². The molecule has 0 radical (unpaired) electrons. The van der Waals surface area contributed by atoms with Crippen LogP contribution in [-0.2, 0) is 10.3 Å². The molecule has 2 rings (SSSR count). The third-order valence-corrected chi connectivity index (χ3v) is 2.33. The molecule has 1 aliphatic rings. The van der Waals surface area contributed by atoms with Gasteiger partial charge in [0.15, 0.2) is 0 Å². The maximum Gasteiger partial charge on any atom is 0.0920 e. The summed E-state index contributed by atoms with van der Waals surface area (Å²) in [6.45, 7) is 1.56. The summed E-state index contributed by atoms with van der Waals surface area (Å²) in [6.07, 6.45) is 3.95. The molecule has 1 saturated heterocycles. The van der Waals surface area contributed by atoms with Crippen molar-refractivity contribution >= 4 is 0 Å². The average molecular weight is 152 g/mol. The summed E-state index contributed by atoms with van der Waals surface area (Å²) < 4.78 is 5.18. The van der Waals surface area contributed by atoms with Gasteiger partial charge in [-0.05, 0) is 18.7 Å². The number of H-pyrrole nitrogens is 1. The highest BCUT2D eigenvalue weighted by Gasteiger charge is 2.38. The quantitative estimate of drug-likeness (QED) is 0.646. The summed E-state index contributed by atoms with van der Waals surface area (Å²) >= 11 is 0.